The van der Waals surface area contributed by atoms with Crippen LogP contribution in [0.4, 0.5) is 5.82 Å². The van der Waals surface area contributed by atoms with Gasteiger partial charge in [0.25, 0.3) is 10.0 Å². The number of thiophene rings is 1. The predicted octanol–water partition coefficient (Wildman–Crippen LogP) is 2.85. The van der Waals surface area contributed by atoms with E-state index in [1.54, 1.807) is 35.7 Å². The minimum Gasteiger partial charge on any atom is -0.403 e. The molecule has 4 N–H and O–H groups in total. The van der Waals surface area contributed by atoms with Gasteiger partial charge in [-0.15, -0.1) is 11.3 Å². The molecule has 0 aliphatic heterocycles. The molecule has 8 heteroatoms. The van der Waals surface area contributed by atoms with Crippen LogP contribution in [0.1, 0.15) is 10.4 Å². The highest BCUT2D eigenvalue weighted by Gasteiger charge is 2.25. The third-order valence-electron chi connectivity index (χ3n) is 4.09. The number of nitrogens with two attached hydrogens (primary N) is 2. The highest BCUT2D eigenvalue weighted by molar-refractivity contribution is 7.89. The fourth-order valence-electron chi connectivity index (χ4n) is 2.84. The third-order valence-corrected chi connectivity index (χ3v) is 6.85. The minimum atomic E-state index is -3.79. The van der Waals surface area contributed by atoms with Crippen LogP contribution < -0.4 is 11.5 Å². The van der Waals surface area contributed by atoms with Gasteiger partial charge in [0.05, 0.1) is 4.90 Å². The van der Waals surface area contributed by atoms with Crippen molar-refractivity contribution in [1.82, 2.24) is 9.29 Å². The number of aryl methyl sites for hydroxylation is 1. The van der Waals surface area contributed by atoms with Crippen molar-refractivity contribution < 1.29 is 8.42 Å². The van der Waals surface area contributed by atoms with Crippen LogP contribution in [-0.2, 0) is 16.4 Å². The van der Waals surface area contributed by atoms with Crippen LogP contribution >= 0.6 is 11.3 Å². The summed E-state index contributed by atoms with van der Waals surface area (Å²) in [5.74, 6) is 0.308. The number of pyridine rings is 1. The van der Waals surface area contributed by atoms with Gasteiger partial charge in [-0.3, -0.25) is 4.31 Å². The molecule has 0 aliphatic carbocycles. The van der Waals surface area contributed by atoms with Crippen LogP contribution in [0.15, 0.2) is 59.2 Å². The normalized spacial score (nSPS) is 12.0. The second-order valence-electron chi connectivity index (χ2n) is 5.79. The first-order chi connectivity index (χ1) is 12.4. The van der Waals surface area contributed by atoms with Gasteiger partial charge in [-0.25, -0.2) is 13.4 Å². The van der Waals surface area contributed by atoms with Gasteiger partial charge in [-0.1, -0.05) is 18.2 Å². The summed E-state index contributed by atoms with van der Waals surface area (Å²) in [5.41, 5.74) is 12.2. The molecule has 0 amide bonds. The fraction of sp³-hybridized carbons (Fsp3) is 0.167. The smallest absolute Gasteiger partial charge is 0.264 e. The molecular formula is C18H20N4O2S2. The molecule has 0 atom stereocenters. The van der Waals surface area contributed by atoms with Crippen molar-refractivity contribution in [3.8, 4) is 0 Å². The zero-order chi connectivity index (χ0) is 18.7. The molecule has 2 aromatic heterocycles. The number of sulfonamides is 1. The number of fused-ring (bicyclic) bond motifs is 1. The lowest BCUT2D eigenvalue weighted by Crippen LogP contribution is -2.28. The number of benzene rings is 1. The van der Waals surface area contributed by atoms with Crippen molar-refractivity contribution in [3.63, 3.8) is 0 Å². The Kier molecular flexibility index (Phi) is 5.15. The van der Waals surface area contributed by atoms with Crippen LogP contribution in [-0.4, -0.2) is 24.3 Å². The molecule has 0 aliphatic rings. The Balaban J connectivity index is 2.07. The zero-order valence-electron chi connectivity index (χ0n) is 14.3. The molecule has 6 nitrogen and oxygen atoms in total. The first-order valence-corrected chi connectivity index (χ1v) is 10.3. The Labute approximate surface area is 156 Å². The molecule has 26 heavy (non-hydrogen) atoms. The quantitative estimate of drug-likeness (QED) is 0.676. The molecule has 0 saturated heterocycles. The lowest BCUT2D eigenvalue weighted by molar-refractivity contribution is 0.501. The van der Waals surface area contributed by atoms with Crippen molar-refractivity contribution in [2.45, 2.75) is 18.2 Å². The lowest BCUT2D eigenvalue weighted by Gasteiger charge is -2.21. The van der Waals surface area contributed by atoms with Gasteiger partial charge in [0.1, 0.15) is 5.82 Å². The summed E-state index contributed by atoms with van der Waals surface area (Å²) in [6.07, 6.45) is 4.82. The summed E-state index contributed by atoms with van der Waals surface area (Å²) < 4.78 is 27.9. The first-order valence-electron chi connectivity index (χ1n) is 8.01. The van der Waals surface area contributed by atoms with E-state index in [9.17, 15) is 8.42 Å². The number of rotatable bonds is 6. The Morgan fingerprint density at radius 3 is 2.77 bits per heavy atom. The standard InChI is InChI=1S/C18H20N4O2S2/c1-13-12-21-18(20)15-5-2-6-16(17(13)15)26(23,24)22(10-8-19)9-7-14-4-3-11-25-14/h2-6,8,10-12H,7,9,19H2,1H3,(H2,20,21). The number of nitrogens with zero attached hydrogens (tertiary/aromatic N) is 2. The van der Waals surface area contributed by atoms with Gasteiger partial charge >= 0.3 is 0 Å². The van der Waals surface area contributed by atoms with E-state index in [1.807, 2.05) is 24.4 Å². The van der Waals surface area contributed by atoms with Crippen LogP contribution in [0.25, 0.3) is 10.8 Å². The van der Waals surface area contributed by atoms with E-state index < -0.39 is 10.0 Å². The second kappa shape index (κ2) is 7.35. The Bertz CT molecular complexity index is 1040. The van der Waals surface area contributed by atoms with E-state index in [0.29, 0.717) is 29.6 Å². The monoisotopic (exact) mass is 388 g/mol. The average Bonchev–Trinajstić information content (AvgIpc) is 3.14. The summed E-state index contributed by atoms with van der Waals surface area (Å²) in [4.78, 5) is 5.43. The summed E-state index contributed by atoms with van der Waals surface area (Å²) in [5, 5.41) is 3.18. The first kappa shape index (κ1) is 18.2. The predicted molar refractivity (Wildman–Crippen MR) is 106 cm³/mol. The van der Waals surface area contributed by atoms with Crippen LogP contribution in [0.5, 0.6) is 0 Å². The molecule has 0 unspecified atom stereocenters. The van der Waals surface area contributed by atoms with Crippen LogP contribution in [0.2, 0.25) is 0 Å². The molecule has 0 saturated carbocycles. The van der Waals surface area contributed by atoms with E-state index in [2.05, 4.69) is 4.98 Å². The maximum absolute atomic E-state index is 13.3. The minimum absolute atomic E-state index is 0.200. The SMILES string of the molecule is Cc1cnc(N)c2cccc(S(=O)(=O)N(C=CN)CCc3cccs3)c12. The van der Waals surface area contributed by atoms with Crippen molar-refractivity contribution in [2.75, 3.05) is 12.3 Å². The molecule has 0 spiro atoms. The van der Waals surface area contributed by atoms with Crippen molar-refractivity contribution in [1.29, 1.82) is 0 Å². The topological polar surface area (TPSA) is 102 Å². The number of anilines is 1. The average molecular weight is 389 g/mol. The lowest BCUT2D eigenvalue weighted by atomic mass is 10.1. The van der Waals surface area contributed by atoms with Crippen LogP contribution in [0.3, 0.4) is 0 Å². The van der Waals surface area contributed by atoms with E-state index in [-0.39, 0.29) is 4.90 Å². The highest BCUT2D eigenvalue weighted by Crippen LogP contribution is 2.31. The van der Waals surface area contributed by atoms with E-state index >= 15 is 0 Å². The molecule has 1 aromatic carbocycles. The van der Waals surface area contributed by atoms with Gasteiger partial charge in [-0.2, -0.15) is 0 Å². The molecule has 3 aromatic rings. The van der Waals surface area contributed by atoms with E-state index in [4.69, 9.17) is 11.5 Å². The Morgan fingerprint density at radius 1 is 1.27 bits per heavy atom. The molecule has 2 heterocycles. The third kappa shape index (κ3) is 3.38. The number of hydrogen-bond acceptors (Lipinski definition) is 6. The van der Waals surface area contributed by atoms with Gasteiger partial charge in [-0.05, 0) is 30.0 Å². The van der Waals surface area contributed by atoms with Gasteiger partial charge in [0.15, 0.2) is 0 Å². The second-order valence-corrected chi connectivity index (χ2v) is 8.68. The Hall–Kier alpha value is -2.58. The molecule has 136 valence electrons. The van der Waals surface area contributed by atoms with Crippen molar-refractivity contribution in [3.05, 3.63) is 64.7 Å². The number of hydrogen-bond donors (Lipinski definition) is 2. The molecule has 3 rings (SSSR count). The maximum atomic E-state index is 13.3. The molecule has 0 fully saturated rings. The molecular weight excluding hydrogens is 368 g/mol. The van der Waals surface area contributed by atoms with Gasteiger partial charge in [0.2, 0.25) is 0 Å². The number of aromatic nitrogens is 1. The van der Waals surface area contributed by atoms with Crippen molar-refractivity contribution >= 4 is 38.0 Å². The summed E-state index contributed by atoms with van der Waals surface area (Å²) in [6.45, 7) is 2.12. The van der Waals surface area contributed by atoms with Crippen LogP contribution in [0, 0.1) is 6.92 Å². The van der Waals surface area contributed by atoms with Gasteiger partial charge < -0.3 is 11.5 Å². The summed E-state index contributed by atoms with van der Waals surface area (Å²) in [7, 11) is -3.79. The fourth-order valence-corrected chi connectivity index (χ4v) is 5.13. The van der Waals surface area contributed by atoms with Crippen molar-refractivity contribution in [2.24, 2.45) is 5.73 Å². The molecule has 0 radical (unpaired) electrons. The highest BCUT2D eigenvalue weighted by atomic mass is 32.2. The van der Waals surface area contributed by atoms with E-state index in [1.165, 1.54) is 16.7 Å². The van der Waals surface area contributed by atoms with E-state index in [0.717, 1.165) is 10.4 Å². The molecule has 0 bridgehead atoms. The Morgan fingerprint density at radius 2 is 2.08 bits per heavy atom. The number of nitrogen functional groups attached to an aromatic ring is 1. The summed E-state index contributed by atoms with van der Waals surface area (Å²) in [6, 6.07) is 8.97. The zero-order valence-corrected chi connectivity index (χ0v) is 15.9. The summed E-state index contributed by atoms with van der Waals surface area (Å²) >= 11 is 1.59. The maximum Gasteiger partial charge on any atom is 0.264 e. The van der Waals surface area contributed by atoms with Gasteiger partial charge in [0, 0.05) is 47.2 Å². The largest absolute Gasteiger partial charge is 0.403 e.